The van der Waals surface area contributed by atoms with Crippen molar-refractivity contribution in [3.05, 3.63) is 189 Å². The molecule has 0 spiro atoms. The van der Waals surface area contributed by atoms with E-state index >= 15 is 0 Å². The van der Waals surface area contributed by atoms with Crippen LogP contribution in [0, 0.1) is 150 Å². The number of carbonyl (C=O) groups excluding carboxylic acids is 5. The first-order valence-corrected chi connectivity index (χ1v) is 42.0. The summed E-state index contributed by atoms with van der Waals surface area (Å²) in [5.74, 6) is -0.980. The second-order valence-corrected chi connectivity index (χ2v) is 41.5. The molecule has 5 aromatic rings. The molecule has 0 bridgehead atoms. The van der Waals surface area contributed by atoms with E-state index in [4.69, 9.17) is 0 Å². The third-order valence-corrected chi connectivity index (χ3v) is 21.3. The molecule has 0 saturated heterocycles. The summed E-state index contributed by atoms with van der Waals surface area (Å²) >= 11 is 0. The van der Waals surface area contributed by atoms with Crippen molar-refractivity contribution in [2.45, 2.75) is 306 Å². The molecule has 114 heavy (non-hydrogen) atoms. The van der Waals surface area contributed by atoms with Gasteiger partial charge in [-0.3, -0.25) is 24.0 Å². The van der Waals surface area contributed by atoms with Gasteiger partial charge in [-0.05, 0) is 267 Å². The van der Waals surface area contributed by atoms with Crippen molar-refractivity contribution in [2.24, 2.45) is 91.7 Å². The molecule has 5 aromatic carbocycles. The van der Waals surface area contributed by atoms with Crippen LogP contribution < -0.4 is 0 Å². The van der Waals surface area contributed by atoms with Crippen LogP contribution in [0.25, 0.3) is 0 Å². The lowest BCUT2D eigenvalue weighted by molar-refractivity contribution is -0.126. The minimum absolute atomic E-state index is 0.00973. The van der Waals surface area contributed by atoms with E-state index in [0.29, 0.717) is 177 Å². The molecule has 0 radical (unpaired) electrons. The van der Waals surface area contributed by atoms with Gasteiger partial charge in [0.1, 0.15) is 87.1 Å². The number of hydrogen-bond donors (Lipinski definition) is 0. The number of ketones is 5. The van der Waals surface area contributed by atoms with Gasteiger partial charge in [-0.1, -0.05) is 163 Å². The highest BCUT2D eigenvalue weighted by molar-refractivity contribution is 5.83. The Labute approximate surface area is 680 Å². The molecule has 0 heterocycles. The highest BCUT2D eigenvalue weighted by Gasteiger charge is 2.39. The van der Waals surface area contributed by atoms with Crippen molar-refractivity contribution >= 4 is 28.9 Å². The minimum Gasteiger partial charge on any atom is -0.299 e. The quantitative estimate of drug-likeness (QED) is 0.0303. The normalized spacial score (nSPS) is 17.6. The minimum atomic E-state index is -0.576. The van der Waals surface area contributed by atoms with E-state index in [2.05, 4.69) is 124 Å². The van der Waals surface area contributed by atoms with Crippen LogP contribution in [0.15, 0.2) is 103 Å². The van der Waals surface area contributed by atoms with E-state index in [-0.39, 0.29) is 73.6 Å². The number of benzene rings is 5. The number of allylic oxidation sites excluding steroid dienone is 1. The van der Waals surface area contributed by atoms with E-state index in [9.17, 15) is 67.9 Å². The summed E-state index contributed by atoms with van der Waals surface area (Å²) < 4.78 is 133. The standard InChI is InChI=1S/3C20H28F2O.C20H30F2O.C19H26F2O/c2*1-13-7-16(13)10-15(19(23)12-20(2,3)4)6-5-14-8-17(21)11-18(22)9-14;1-20(2,3)13-19(23)16(9-14-5-4-6-14)8-7-15-10-17(21)12-18(22)11-15;1-19(2,3)12-15(18(23)13-20(4,5)6)8-7-14-9-16(21)11-17(22)10-14;1-13(2)8-15(18(22)12-19(3,4)5)7-6-14-9-16(20)11-17(21)10-14/h2*8-9,11,13,15-16H,5-7,10,12H2,1-4H3;10-12,14,16H,4-9,13H2,1-3H3;9-11,15H,7-8,12-13H2,1-6H3;9-11,15H,1,6-8,12H2,2-5H3. The van der Waals surface area contributed by atoms with Gasteiger partial charge in [0.05, 0.1) is 0 Å². The van der Waals surface area contributed by atoms with Crippen LogP contribution in [-0.2, 0) is 56.1 Å². The maximum Gasteiger partial charge on any atom is 0.136 e. The third-order valence-electron chi connectivity index (χ3n) is 21.3. The van der Waals surface area contributed by atoms with Crippen LogP contribution >= 0.6 is 0 Å². The molecule has 8 rings (SSSR count). The molecular formula is C99H140F10O5. The number of rotatable bonds is 34. The molecule has 0 amide bonds. The summed E-state index contributed by atoms with van der Waals surface area (Å²) in [4.78, 5) is 63.0. The van der Waals surface area contributed by atoms with Gasteiger partial charge in [0.25, 0.3) is 0 Å². The van der Waals surface area contributed by atoms with Gasteiger partial charge in [0, 0.05) is 92.0 Å². The first-order chi connectivity index (χ1) is 52.4. The predicted molar refractivity (Wildman–Crippen MR) is 445 cm³/mol. The molecule has 3 aliphatic rings. The number of halogens is 10. The number of Topliss-reactive ketones (excluding diaryl/α,β-unsaturated/α-hetero) is 5. The van der Waals surface area contributed by atoms with Gasteiger partial charge >= 0.3 is 0 Å². The predicted octanol–water partition coefficient (Wildman–Crippen LogP) is 28.3. The maximum atomic E-state index is 13.3. The Kier molecular flexibility index (Phi) is 39.3. The second kappa shape index (κ2) is 44.9. The van der Waals surface area contributed by atoms with Gasteiger partial charge in [-0.25, -0.2) is 43.9 Å². The zero-order valence-electron chi connectivity index (χ0n) is 73.1. The largest absolute Gasteiger partial charge is 0.299 e. The van der Waals surface area contributed by atoms with Gasteiger partial charge in [-0.2, -0.15) is 0 Å². The Hall–Kier alpha value is -6.51. The molecule has 0 N–H and O–H groups in total. The van der Waals surface area contributed by atoms with Gasteiger partial charge < -0.3 is 0 Å². The fourth-order valence-electron chi connectivity index (χ4n) is 15.3. The summed E-state index contributed by atoms with van der Waals surface area (Å²) in [5, 5.41) is 0. The van der Waals surface area contributed by atoms with E-state index in [0.717, 1.165) is 61.6 Å². The van der Waals surface area contributed by atoms with Crippen molar-refractivity contribution < 1.29 is 67.9 Å². The summed E-state index contributed by atoms with van der Waals surface area (Å²) in [6.45, 7) is 47.5. The van der Waals surface area contributed by atoms with Crippen molar-refractivity contribution in [1.82, 2.24) is 0 Å². The fraction of sp³-hybridized carbons (Fsp3) is 0.626. The molecule has 3 saturated carbocycles. The van der Waals surface area contributed by atoms with Crippen LogP contribution in [0.2, 0.25) is 0 Å². The highest BCUT2D eigenvalue weighted by atomic mass is 19.2. The highest BCUT2D eigenvalue weighted by Crippen LogP contribution is 2.46. The zero-order valence-corrected chi connectivity index (χ0v) is 73.1. The Morgan fingerprint density at radius 3 is 0.719 bits per heavy atom. The van der Waals surface area contributed by atoms with Gasteiger partial charge in [0.2, 0.25) is 0 Å². The monoisotopic (exact) mass is 1600 g/mol. The van der Waals surface area contributed by atoms with Crippen molar-refractivity contribution in [1.29, 1.82) is 0 Å². The molecule has 5 nitrogen and oxygen atoms in total. The van der Waals surface area contributed by atoms with E-state index in [1.165, 1.54) is 92.8 Å². The second-order valence-electron chi connectivity index (χ2n) is 41.5. The Balaban J connectivity index is 0.000000300. The van der Waals surface area contributed by atoms with Crippen LogP contribution in [0.4, 0.5) is 43.9 Å². The summed E-state index contributed by atoms with van der Waals surface area (Å²) in [7, 11) is 0. The Morgan fingerprint density at radius 2 is 0.526 bits per heavy atom. The molecule has 3 fully saturated rings. The first-order valence-electron chi connectivity index (χ1n) is 42.0. The molecule has 636 valence electrons. The SMILES string of the molecule is C=C(C)CC(CCc1cc(F)cc(F)c1)C(=O)CC(C)(C)C.CC(C)(C)CC(=O)C(CCc1cc(F)cc(F)c1)CC(C)(C)C.CC(C)(C)CC(=O)C(CCc1cc(F)cc(F)c1)CC1CCC1.CC1CC1CC(CCc1cc(F)cc(F)c1)C(=O)CC(C)(C)C.CC1CC1CC(CCc1cc(F)cc(F)c1)C(=O)CC(C)(C)C. The Morgan fingerprint density at radius 1 is 0.325 bits per heavy atom. The summed E-state index contributed by atoms with van der Waals surface area (Å²) in [5.41, 5.74) is 3.98. The maximum absolute atomic E-state index is 13.3. The molecule has 9 atom stereocenters. The lowest BCUT2D eigenvalue weighted by Crippen LogP contribution is -2.26. The van der Waals surface area contributed by atoms with Crippen molar-refractivity contribution in [3.8, 4) is 0 Å². The molecule has 0 aromatic heterocycles. The smallest absolute Gasteiger partial charge is 0.136 e. The summed E-state index contributed by atoms with van der Waals surface area (Å²) in [6, 6.07) is 18.0. The van der Waals surface area contributed by atoms with E-state index < -0.39 is 58.2 Å². The lowest BCUT2D eigenvalue weighted by atomic mass is 9.74. The molecule has 15 heteroatoms. The van der Waals surface area contributed by atoms with Crippen LogP contribution in [-0.4, -0.2) is 28.9 Å². The van der Waals surface area contributed by atoms with E-state index in [1.54, 1.807) is 0 Å². The van der Waals surface area contributed by atoms with Crippen LogP contribution in [0.3, 0.4) is 0 Å². The van der Waals surface area contributed by atoms with Crippen molar-refractivity contribution in [2.75, 3.05) is 0 Å². The van der Waals surface area contributed by atoms with Gasteiger partial charge in [0.15, 0.2) is 0 Å². The topological polar surface area (TPSA) is 85.3 Å². The molecule has 0 aliphatic heterocycles. The molecular weight excluding hydrogens is 1460 g/mol. The van der Waals surface area contributed by atoms with Gasteiger partial charge in [-0.15, -0.1) is 6.58 Å². The number of hydrogen-bond acceptors (Lipinski definition) is 5. The van der Waals surface area contributed by atoms with E-state index in [1.807, 2.05) is 27.7 Å². The van der Waals surface area contributed by atoms with Crippen LogP contribution in [0.5, 0.6) is 0 Å². The fourth-order valence-corrected chi connectivity index (χ4v) is 15.3. The lowest BCUT2D eigenvalue weighted by Gasteiger charge is -2.30. The average Bonchev–Trinajstić information content (AvgIpc) is 1.67. The number of carbonyl (C=O) groups is 5. The van der Waals surface area contributed by atoms with Crippen LogP contribution in [0.1, 0.15) is 302 Å². The van der Waals surface area contributed by atoms with Crippen molar-refractivity contribution in [3.63, 3.8) is 0 Å². The molecule has 3 aliphatic carbocycles. The Bertz CT molecular complexity index is 3570. The zero-order chi connectivity index (χ0) is 86.2. The third kappa shape index (κ3) is 43.6. The average molecular weight is 1600 g/mol. The number of aryl methyl sites for hydroxylation is 5. The molecule has 9 unspecified atom stereocenters. The first kappa shape index (κ1) is 99.8. The summed E-state index contributed by atoms with van der Waals surface area (Å²) in [6.07, 6.45) is 19.0.